The van der Waals surface area contributed by atoms with E-state index in [0.717, 1.165) is 42.7 Å². The third-order valence-corrected chi connectivity index (χ3v) is 5.86. The van der Waals surface area contributed by atoms with Gasteiger partial charge in [-0.15, -0.1) is 0 Å². The van der Waals surface area contributed by atoms with Crippen molar-refractivity contribution < 1.29 is 23.1 Å². The molecule has 1 saturated carbocycles. The number of nitrogens with one attached hydrogen (secondary N) is 2. The van der Waals surface area contributed by atoms with Gasteiger partial charge in [0.1, 0.15) is 5.52 Å². The van der Waals surface area contributed by atoms with Gasteiger partial charge in [0.05, 0.1) is 11.8 Å². The Labute approximate surface area is 198 Å². The minimum absolute atomic E-state index is 0.0835. The van der Waals surface area contributed by atoms with E-state index >= 15 is 0 Å². The molecular weight excluding hydrogens is 475 g/mol. The largest absolute Gasteiger partial charge is 0.465 e. The van der Waals surface area contributed by atoms with Gasteiger partial charge in [-0.05, 0) is 31.0 Å². The molecule has 34 heavy (non-hydrogen) atoms. The number of halogens is 4. The van der Waals surface area contributed by atoms with Crippen LogP contribution in [0.2, 0.25) is 5.02 Å². The number of nitrogens with zero attached hydrogens (tertiary/aromatic N) is 5. The molecule has 0 aliphatic heterocycles. The minimum Gasteiger partial charge on any atom is -0.465 e. The molecule has 0 radical (unpaired) electrons. The fourth-order valence-corrected chi connectivity index (χ4v) is 4.08. The quantitative estimate of drug-likeness (QED) is 0.411. The molecule has 0 saturated heterocycles. The molecule has 13 heteroatoms. The Morgan fingerprint density at radius 2 is 2.00 bits per heavy atom. The van der Waals surface area contributed by atoms with E-state index in [0.29, 0.717) is 17.1 Å². The van der Waals surface area contributed by atoms with Crippen molar-refractivity contribution in [2.75, 3.05) is 24.2 Å². The average Bonchev–Trinajstić information content (AvgIpc) is 3.38. The molecule has 0 bridgehead atoms. The van der Waals surface area contributed by atoms with Crippen molar-refractivity contribution in [1.29, 1.82) is 0 Å². The summed E-state index contributed by atoms with van der Waals surface area (Å²) in [7, 11) is 1.42. The Kier molecular flexibility index (Phi) is 6.69. The van der Waals surface area contributed by atoms with E-state index in [4.69, 9.17) is 11.6 Å². The Morgan fingerprint density at radius 3 is 2.68 bits per heavy atom. The third kappa shape index (κ3) is 5.44. The number of fused-ring (bicyclic) bond motifs is 1. The zero-order valence-corrected chi connectivity index (χ0v) is 19.0. The van der Waals surface area contributed by atoms with E-state index in [1.807, 2.05) is 0 Å². The summed E-state index contributed by atoms with van der Waals surface area (Å²) in [6.07, 6.45) is 0.154. The predicted octanol–water partition coefficient (Wildman–Crippen LogP) is 5.21. The van der Waals surface area contributed by atoms with E-state index in [2.05, 4.69) is 25.6 Å². The second-order valence-corrected chi connectivity index (χ2v) is 8.61. The maximum Gasteiger partial charge on any atom is 0.416 e. The highest BCUT2D eigenvalue weighted by Crippen LogP contribution is 2.34. The molecule has 0 atom stereocenters. The van der Waals surface area contributed by atoms with Gasteiger partial charge in [-0.2, -0.15) is 18.2 Å². The predicted molar refractivity (Wildman–Crippen MR) is 122 cm³/mol. The molecule has 1 aliphatic rings. The summed E-state index contributed by atoms with van der Waals surface area (Å²) >= 11 is 5.91. The SMILES string of the molecule is CN(CCn1c(Nc2cc(Cl)cc(C(F)(F)F)c2)nc2cnc(NC3CCCC3)nc21)C(=O)O. The number of alkyl halides is 3. The van der Waals surface area contributed by atoms with Crippen LogP contribution in [-0.4, -0.2) is 55.3 Å². The first-order chi connectivity index (χ1) is 16.1. The van der Waals surface area contributed by atoms with Gasteiger partial charge in [0.15, 0.2) is 5.65 Å². The molecule has 3 N–H and O–H groups in total. The van der Waals surface area contributed by atoms with Crippen LogP contribution in [-0.2, 0) is 12.7 Å². The molecule has 0 spiro atoms. The fourth-order valence-electron chi connectivity index (χ4n) is 3.85. The lowest BCUT2D eigenvalue weighted by Crippen LogP contribution is -2.28. The van der Waals surface area contributed by atoms with Gasteiger partial charge in [-0.25, -0.2) is 14.8 Å². The topological polar surface area (TPSA) is 108 Å². The zero-order chi connectivity index (χ0) is 24.5. The van der Waals surface area contributed by atoms with E-state index in [9.17, 15) is 23.1 Å². The monoisotopic (exact) mass is 497 g/mol. The molecule has 0 unspecified atom stereocenters. The molecule has 2 heterocycles. The smallest absolute Gasteiger partial charge is 0.416 e. The zero-order valence-electron chi connectivity index (χ0n) is 18.2. The van der Waals surface area contributed by atoms with Crippen molar-refractivity contribution in [1.82, 2.24) is 24.4 Å². The number of rotatable bonds is 7. The number of benzene rings is 1. The number of carboxylic acid groups (broad SMARTS) is 1. The van der Waals surface area contributed by atoms with Crippen molar-refractivity contribution in [3.05, 3.63) is 35.0 Å². The number of hydrogen-bond acceptors (Lipinski definition) is 6. The summed E-state index contributed by atoms with van der Waals surface area (Å²) in [5.74, 6) is 0.609. The number of aromatic nitrogens is 4. The number of likely N-dealkylation sites (N-methyl/N-ethyl adjacent to an activating group) is 1. The second-order valence-electron chi connectivity index (χ2n) is 8.17. The summed E-state index contributed by atoms with van der Waals surface area (Å²) < 4.78 is 41.3. The number of anilines is 3. The van der Waals surface area contributed by atoms with Crippen LogP contribution in [0.25, 0.3) is 11.2 Å². The summed E-state index contributed by atoms with van der Waals surface area (Å²) in [6.45, 7) is 0.266. The lowest BCUT2D eigenvalue weighted by Gasteiger charge is -2.16. The van der Waals surface area contributed by atoms with Crippen LogP contribution in [0.3, 0.4) is 0 Å². The highest BCUT2D eigenvalue weighted by molar-refractivity contribution is 6.31. The number of imidazole rings is 1. The molecule has 1 amide bonds. The summed E-state index contributed by atoms with van der Waals surface area (Å²) in [5.41, 5.74) is 0.0178. The Hall–Kier alpha value is -3.28. The van der Waals surface area contributed by atoms with Crippen molar-refractivity contribution in [2.45, 2.75) is 44.4 Å². The Morgan fingerprint density at radius 1 is 1.26 bits per heavy atom. The highest BCUT2D eigenvalue weighted by Gasteiger charge is 2.31. The first-order valence-electron chi connectivity index (χ1n) is 10.7. The Bertz CT molecular complexity index is 1200. The van der Waals surface area contributed by atoms with Gasteiger partial charge >= 0.3 is 12.3 Å². The number of hydrogen-bond donors (Lipinski definition) is 3. The molecule has 1 aromatic carbocycles. The average molecular weight is 498 g/mol. The number of carbonyl (C=O) groups is 1. The lowest BCUT2D eigenvalue weighted by molar-refractivity contribution is -0.137. The van der Waals surface area contributed by atoms with Crippen LogP contribution in [0.1, 0.15) is 31.2 Å². The molecule has 4 rings (SSSR count). The van der Waals surface area contributed by atoms with Gasteiger partial charge in [-0.3, -0.25) is 4.57 Å². The molecule has 1 fully saturated rings. The number of amides is 1. The van der Waals surface area contributed by atoms with E-state index < -0.39 is 17.8 Å². The van der Waals surface area contributed by atoms with E-state index in [-0.39, 0.29) is 35.8 Å². The van der Waals surface area contributed by atoms with Crippen molar-refractivity contribution in [3.8, 4) is 0 Å². The van der Waals surface area contributed by atoms with Gasteiger partial charge in [0.2, 0.25) is 11.9 Å². The van der Waals surface area contributed by atoms with E-state index in [1.54, 1.807) is 4.57 Å². The molecular formula is C21H23ClF3N7O2. The van der Waals surface area contributed by atoms with E-state index in [1.165, 1.54) is 19.3 Å². The van der Waals surface area contributed by atoms with Crippen LogP contribution < -0.4 is 10.6 Å². The van der Waals surface area contributed by atoms with Crippen LogP contribution >= 0.6 is 11.6 Å². The highest BCUT2D eigenvalue weighted by atomic mass is 35.5. The van der Waals surface area contributed by atoms with Crippen LogP contribution in [0, 0.1) is 0 Å². The normalized spacial score (nSPS) is 14.5. The summed E-state index contributed by atoms with van der Waals surface area (Å²) in [5, 5.41) is 15.3. The summed E-state index contributed by atoms with van der Waals surface area (Å²) in [6, 6.07) is 3.39. The first-order valence-corrected chi connectivity index (χ1v) is 11.1. The Balaban J connectivity index is 1.70. The van der Waals surface area contributed by atoms with Crippen LogP contribution in [0.5, 0.6) is 0 Å². The summed E-state index contributed by atoms with van der Waals surface area (Å²) in [4.78, 5) is 25.7. The second kappa shape index (κ2) is 9.53. The van der Waals surface area contributed by atoms with Gasteiger partial charge in [0, 0.05) is 36.9 Å². The first kappa shape index (κ1) is 23.9. The molecule has 2 aromatic heterocycles. The maximum absolute atomic E-state index is 13.2. The van der Waals surface area contributed by atoms with Gasteiger partial charge < -0.3 is 20.6 Å². The lowest BCUT2D eigenvalue weighted by atomic mass is 10.2. The van der Waals surface area contributed by atoms with Crippen molar-refractivity contribution >= 4 is 46.4 Å². The molecule has 9 nitrogen and oxygen atoms in total. The third-order valence-electron chi connectivity index (χ3n) is 5.64. The van der Waals surface area contributed by atoms with Crippen molar-refractivity contribution in [2.24, 2.45) is 0 Å². The van der Waals surface area contributed by atoms with Crippen LogP contribution in [0.4, 0.5) is 35.5 Å². The van der Waals surface area contributed by atoms with Crippen molar-refractivity contribution in [3.63, 3.8) is 0 Å². The maximum atomic E-state index is 13.2. The fraction of sp³-hybridized carbons (Fsp3) is 0.429. The minimum atomic E-state index is -4.57. The van der Waals surface area contributed by atoms with Gasteiger partial charge in [-0.1, -0.05) is 24.4 Å². The van der Waals surface area contributed by atoms with Crippen LogP contribution in [0.15, 0.2) is 24.4 Å². The molecule has 182 valence electrons. The molecule has 1 aliphatic carbocycles. The molecule has 3 aromatic rings. The van der Waals surface area contributed by atoms with Gasteiger partial charge in [0.25, 0.3) is 0 Å². The standard InChI is InChI=1S/C21H23ClF3N7O2/c1-31(20(33)34)6-7-32-17-16(11-26-18(30-17)27-14-4-2-3-5-14)29-19(32)28-15-9-12(21(23,24)25)8-13(22)10-15/h8-11,14H,2-7H2,1H3,(H,28,29)(H,33,34)(H,26,27,30).